The average Bonchev–Trinajstić information content (AvgIpc) is 3.20. The van der Waals surface area contributed by atoms with Gasteiger partial charge in [0.2, 0.25) is 11.8 Å². The van der Waals surface area contributed by atoms with Crippen LogP contribution in [0.4, 0.5) is 4.39 Å². The molecule has 0 radical (unpaired) electrons. The zero-order valence-electron chi connectivity index (χ0n) is 25.8. The second kappa shape index (κ2) is 9.99. The lowest BCUT2D eigenvalue weighted by Crippen LogP contribution is -2.52. The van der Waals surface area contributed by atoms with Crippen molar-refractivity contribution in [3.8, 4) is 5.75 Å². The summed E-state index contributed by atoms with van der Waals surface area (Å²) in [5.41, 5.74) is 0.395. The van der Waals surface area contributed by atoms with Gasteiger partial charge in [0.15, 0.2) is 0 Å². The molecule has 8 nitrogen and oxygen atoms in total. The van der Waals surface area contributed by atoms with Gasteiger partial charge in [0.05, 0.1) is 21.5 Å². The number of ether oxygens (including phenoxy) is 2. The van der Waals surface area contributed by atoms with Crippen LogP contribution in [0.3, 0.4) is 0 Å². The Labute approximate surface area is 217 Å². The summed E-state index contributed by atoms with van der Waals surface area (Å²) in [6.07, 6.45) is -6.16. The molecule has 0 aliphatic carbocycles. The molecule has 9 heteroatoms. The molecular formula is C27H30FN3O5. The van der Waals surface area contributed by atoms with E-state index < -0.39 is 55.4 Å². The largest absolute Gasteiger partial charge is 0.488 e. The van der Waals surface area contributed by atoms with Gasteiger partial charge in [0.25, 0.3) is 5.91 Å². The highest BCUT2D eigenvalue weighted by molar-refractivity contribution is 6.05. The number of nitrogens with one attached hydrogen (secondary N) is 1. The van der Waals surface area contributed by atoms with E-state index in [1.54, 1.807) is 11.4 Å². The minimum atomic E-state index is -3.11. The Morgan fingerprint density at radius 2 is 1.97 bits per heavy atom. The first kappa shape index (κ1) is 18.0. The van der Waals surface area contributed by atoms with E-state index in [0.29, 0.717) is 25.2 Å². The van der Waals surface area contributed by atoms with Crippen molar-refractivity contribution in [2.45, 2.75) is 64.5 Å². The van der Waals surface area contributed by atoms with Crippen molar-refractivity contribution in [1.29, 1.82) is 0 Å². The summed E-state index contributed by atoms with van der Waals surface area (Å²) in [5, 5.41) is 1.79. The summed E-state index contributed by atoms with van der Waals surface area (Å²) in [6.45, 7) is 2.55. The molecule has 2 saturated heterocycles. The van der Waals surface area contributed by atoms with Crippen LogP contribution in [0.15, 0.2) is 36.4 Å². The van der Waals surface area contributed by atoms with Crippen LogP contribution in [0.25, 0.3) is 0 Å². The number of piperidine rings is 1. The van der Waals surface area contributed by atoms with E-state index in [9.17, 15) is 18.8 Å². The lowest BCUT2D eigenvalue weighted by Gasteiger charge is -2.35. The van der Waals surface area contributed by atoms with E-state index in [2.05, 4.69) is 4.90 Å². The number of hydrogen-bond donors (Lipinski definition) is 1. The zero-order chi connectivity index (χ0) is 30.8. The SMILES string of the molecule is [2H]C([2H])(Oc1cccc2c1CN(C1C(=O)NC(=O)C([2H])([2H])C1([2H])[2H])C2=O)c1cc(CN2CC(C)OC(C)C2)ccc1F. The molecule has 3 unspecified atom stereocenters. The number of fused-ring (bicyclic) bond motifs is 1. The van der Waals surface area contributed by atoms with E-state index >= 15 is 0 Å². The number of nitrogens with zero attached hydrogens (tertiary/aromatic N) is 2. The highest BCUT2D eigenvalue weighted by atomic mass is 19.1. The van der Waals surface area contributed by atoms with Gasteiger partial charge in [-0.15, -0.1) is 0 Å². The maximum absolute atomic E-state index is 15.0. The fraction of sp³-hybridized carbons (Fsp3) is 0.444. The predicted octanol–water partition coefficient (Wildman–Crippen LogP) is 2.77. The number of imide groups is 1. The predicted molar refractivity (Wildman–Crippen MR) is 129 cm³/mol. The van der Waals surface area contributed by atoms with Gasteiger partial charge in [-0.3, -0.25) is 24.6 Å². The molecular weight excluding hydrogens is 465 g/mol. The van der Waals surface area contributed by atoms with Gasteiger partial charge in [-0.2, -0.15) is 0 Å². The second-order valence-electron chi connectivity index (χ2n) is 9.18. The molecule has 0 bridgehead atoms. The maximum atomic E-state index is 15.0. The summed E-state index contributed by atoms with van der Waals surface area (Å²) in [7, 11) is 0. The van der Waals surface area contributed by atoms with Crippen LogP contribution in [0, 0.1) is 5.82 Å². The molecule has 5 rings (SSSR count). The number of hydrogen-bond acceptors (Lipinski definition) is 6. The van der Waals surface area contributed by atoms with E-state index in [4.69, 9.17) is 17.7 Å². The van der Waals surface area contributed by atoms with Crippen LogP contribution < -0.4 is 10.1 Å². The van der Waals surface area contributed by atoms with E-state index in [0.717, 1.165) is 4.90 Å². The Morgan fingerprint density at radius 3 is 2.75 bits per heavy atom. The normalized spacial score (nSPS) is 30.2. The number of benzene rings is 2. The summed E-state index contributed by atoms with van der Waals surface area (Å²) in [4.78, 5) is 40.9. The maximum Gasteiger partial charge on any atom is 0.255 e. The fourth-order valence-electron chi connectivity index (χ4n) is 4.79. The standard InChI is InChI=1S/C27H30FN3O5/c1-16-11-30(12-17(2)36-16)13-18-6-7-22(28)19(10-18)15-35-24-5-3-4-20-21(24)14-31(27(20)34)23-8-9-25(32)29-26(23)33/h3-7,10,16-17,23H,8-9,11-15H2,1-2H3,(H,29,32,33)/i8D2,9D2,15D2. The van der Waals surface area contributed by atoms with Crippen LogP contribution >= 0.6 is 0 Å². The second-order valence-corrected chi connectivity index (χ2v) is 9.18. The Bertz CT molecular complexity index is 1450. The average molecular weight is 502 g/mol. The van der Waals surface area contributed by atoms with E-state index in [1.165, 1.54) is 30.3 Å². The number of carbonyl (C=O) groups is 3. The van der Waals surface area contributed by atoms with Gasteiger partial charge >= 0.3 is 0 Å². The molecule has 1 N–H and O–H groups in total. The van der Waals surface area contributed by atoms with Crippen molar-refractivity contribution < 1.29 is 36.5 Å². The fourth-order valence-corrected chi connectivity index (χ4v) is 4.79. The van der Waals surface area contributed by atoms with Gasteiger partial charge in [-0.05, 0) is 50.0 Å². The van der Waals surface area contributed by atoms with Gasteiger partial charge in [0.1, 0.15) is 24.2 Å². The molecule has 0 aromatic heterocycles. The van der Waals surface area contributed by atoms with Crippen LogP contribution in [0.1, 0.15) is 61.9 Å². The first-order chi connectivity index (χ1) is 19.5. The van der Waals surface area contributed by atoms with Crippen molar-refractivity contribution in [3.05, 3.63) is 64.5 Å². The lowest BCUT2D eigenvalue weighted by atomic mass is 10.0. The van der Waals surface area contributed by atoms with Crippen LogP contribution in [-0.2, 0) is 34.0 Å². The Hall–Kier alpha value is -3.30. The zero-order valence-corrected chi connectivity index (χ0v) is 19.8. The summed E-state index contributed by atoms with van der Waals surface area (Å²) < 4.78 is 76.0. The molecule has 3 aliphatic heterocycles. The Morgan fingerprint density at radius 1 is 1.19 bits per heavy atom. The summed E-state index contributed by atoms with van der Waals surface area (Å²) >= 11 is 0. The summed E-state index contributed by atoms with van der Waals surface area (Å²) in [6, 6.07) is 6.28. The van der Waals surface area contributed by atoms with Crippen molar-refractivity contribution in [1.82, 2.24) is 15.1 Å². The highest BCUT2D eigenvalue weighted by Crippen LogP contribution is 2.34. The molecule has 3 aliphatic rings. The molecule has 36 heavy (non-hydrogen) atoms. The Kier molecular flexibility index (Phi) is 5.00. The number of morpholine rings is 1. The first-order valence-electron chi connectivity index (χ1n) is 14.7. The van der Waals surface area contributed by atoms with Crippen molar-refractivity contribution in [2.75, 3.05) is 13.1 Å². The van der Waals surface area contributed by atoms with Crippen LogP contribution in [-0.4, -0.2) is 58.9 Å². The quantitative estimate of drug-likeness (QED) is 0.613. The third-order valence-corrected chi connectivity index (χ3v) is 6.28. The Balaban J connectivity index is 1.41. The number of carbonyl (C=O) groups excluding carboxylic acids is 3. The molecule has 2 aromatic carbocycles. The van der Waals surface area contributed by atoms with Gasteiger partial charge in [-0.1, -0.05) is 12.1 Å². The molecule has 0 spiro atoms. The molecule has 3 atom stereocenters. The van der Waals surface area contributed by atoms with E-state index in [1.807, 2.05) is 13.8 Å². The number of rotatable bonds is 6. The third-order valence-electron chi connectivity index (χ3n) is 6.28. The van der Waals surface area contributed by atoms with Crippen molar-refractivity contribution in [3.63, 3.8) is 0 Å². The molecule has 3 heterocycles. The smallest absolute Gasteiger partial charge is 0.255 e. The van der Waals surface area contributed by atoms with Gasteiger partial charge < -0.3 is 14.4 Å². The van der Waals surface area contributed by atoms with Crippen LogP contribution in [0.2, 0.25) is 0 Å². The molecule has 2 aromatic rings. The third kappa shape index (κ3) is 4.99. The molecule has 3 amide bonds. The van der Waals surface area contributed by atoms with E-state index in [-0.39, 0.29) is 34.6 Å². The lowest BCUT2D eigenvalue weighted by molar-refractivity contribution is -0.136. The molecule has 0 saturated carbocycles. The monoisotopic (exact) mass is 501 g/mol. The van der Waals surface area contributed by atoms with Crippen LogP contribution in [0.5, 0.6) is 5.75 Å². The molecule has 2 fully saturated rings. The topological polar surface area (TPSA) is 88.2 Å². The summed E-state index contributed by atoms with van der Waals surface area (Å²) in [5.74, 6) is -4.42. The van der Waals surface area contributed by atoms with Crippen molar-refractivity contribution in [2.24, 2.45) is 0 Å². The van der Waals surface area contributed by atoms with Gasteiger partial charge in [0, 0.05) is 48.2 Å². The minimum Gasteiger partial charge on any atom is -0.488 e. The first-order valence-corrected chi connectivity index (χ1v) is 11.7. The van der Waals surface area contributed by atoms with Gasteiger partial charge in [-0.25, -0.2) is 4.39 Å². The van der Waals surface area contributed by atoms with Crippen molar-refractivity contribution >= 4 is 17.7 Å². The molecule has 190 valence electrons. The highest BCUT2D eigenvalue weighted by Gasteiger charge is 2.40. The number of halogens is 1. The minimum absolute atomic E-state index is 0.0139. The number of amides is 3.